The number of nitrogens with one attached hydrogen (secondary N) is 1. The average Bonchev–Trinajstić information content (AvgIpc) is 2.88. The van der Waals surface area contributed by atoms with Crippen molar-refractivity contribution in [3.05, 3.63) is 56.5 Å². The lowest BCUT2D eigenvalue weighted by Crippen LogP contribution is -2.23. The molecule has 1 heterocycles. The molecule has 0 radical (unpaired) electrons. The molecule has 0 spiro atoms. The summed E-state index contributed by atoms with van der Waals surface area (Å²) in [6.45, 7) is 3.11. The Morgan fingerprint density at radius 1 is 1.39 bits per heavy atom. The zero-order valence-electron chi connectivity index (χ0n) is 10.1. The molecule has 1 unspecified atom stereocenters. The average molecular weight is 376 g/mol. The van der Waals surface area contributed by atoms with E-state index in [1.807, 2.05) is 24.3 Å². The van der Waals surface area contributed by atoms with Gasteiger partial charge >= 0.3 is 0 Å². The van der Waals surface area contributed by atoms with Crippen LogP contribution in [0.1, 0.15) is 30.5 Å². The third-order valence-corrected chi connectivity index (χ3v) is 3.96. The lowest BCUT2D eigenvalue weighted by Gasteiger charge is -2.19. The van der Waals surface area contributed by atoms with Crippen LogP contribution in [0.15, 0.2) is 41.2 Å². The van der Waals surface area contributed by atoms with Crippen molar-refractivity contribution in [3.8, 4) is 0 Å². The van der Waals surface area contributed by atoms with Crippen molar-refractivity contribution in [2.75, 3.05) is 6.54 Å². The summed E-state index contributed by atoms with van der Waals surface area (Å²) in [5, 5.41) is 4.29. The summed E-state index contributed by atoms with van der Waals surface area (Å²) in [7, 11) is 0. The van der Waals surface area contributed by atoms with Gasteiger partial charge in [0.05, 0.1) is 18.6 Å². The van der Waals surface area contributed by atoms with Crippen molar-refractivity contribution >= 4 is 34.2 Å². The molecule has 2 nitrogen and oxygen atoms in total. The van der Waals surface area contributed by atoms with Gasteiger partial charge in [0, 0.05) is 14.2 Å². The standard InChI is InChI=1S/C14H15ClINO/c1-2-6-17-14(10-5-7-18-9-10)12-8-11(15)3-4-13(12)16/h3-5,7-9,14,17H,2,6H2,1H3. The second-order valence-electron chi connectivity index (χ2n) is 4.11. The predicted molar refractivity (Wildman–Crippen MR) is 83.0 cm³/mol. The minimum absolute atomic E-state index is 0.134. The lowest BCUT2D eigenvalue weighted by molar-refractivity contribution is 0.548. The number of hydrogen-bond acceptors (Lipinski definition) is 2. The molecule has 1 aromatic carbocycles. The van der Waals surface area contributed by atoms with Crippen LogP contribution in [0.2, 0.25) is 5.02 Å². The molecule has 1 aromatic heterocycles. The van der Waals surface area contributed by atoms with Crippen LogP contribution in [-0.2, 0) is 0 Å². The highest BCUT2D eigenvalue weighted by molar-refractivity contribution is 14.1. The highest BCUT2D eigenvalue weighted by Crippen LogP contribution is 2.29. The third kappa shape index (κ3) is 3.28. The number of benzene rings is 1. The molecule has 1 N–H and O–H groups in total. The summed E-state index contributed by atoms with van der Waals surface area (Å²) >= 11 is 8.44. The molecule has 1 atom stereocenters. The molecule has 0 amide bonds. The first-order chi connectivity index (χ1) is 8.72. The van der Waals surface area contributed by atoms with Gasteiger partial charge in [-0.25, -0.2) is 0 Å². The Hall–Kier alpha value is -0.520. The Labute approximate surface area is 126 Å². The fraction of sp³-hybridized carbons (Fsp3) is 0.286. The van der Waals surface area contributed by atoms with Gasteiger partial charge in [-0.05, 0) is 65.4 Å². The van der Waals surface area contributed by atoms with Gasteiger partial charge < -0.3 is 9.73 Å². The summed E-state index contributed by atoms with van der Waals surface area (Å²) in [5.41, 5.74) is 2.32. The highest BCUT2D eigenvalue weighted by atomic mass is 127. The molecule has 2 aromatic rings. The molecule has 0 bridgehead atoms. The maximum atomic E-state index is 6.10. The van der Waals surface area contributed by atoms with Crippen LogP contribution in [0.5, 0.6) is 0 Å². The van der Waals surface area contributed by atoms with Gasteiger partial charge in [-0.2, -0.15) is 0 Å². The van der Waals surface area contributed by atoms with E-state index in [4.69, 9.17) is 16.0 Å². The van der Waals surface area contributed by atoms with Gasteiger partial charge in [0.15, 0.2) is 0 Å². The van der Waals surface area contributed by atoms with Crippen molar-refractivity contribution in [1.82, 2.24) is 5.32 Å². The van der Waals surface area contributed by atoms with Crippen LogP contribution in [0.25, 0.3) is 0 Å². The molecular formula is C14H15ClINO. The van der Waals surface area contributed by atoms with Crippen molar-refractivity contribution < 1.29 is 4.42 Å². The monoisotopic (exact) mass is 375 g/mol. The summed E-state index contributed by atoms with van der Waals surface area (Å²) in [6, 6.07) is 8.10. The van der Waals surface area contributed by atoms with Gasteiger partial charge in [0.25, 0.3) is 0 Å². The van der Waals surface area contributed by atoms with Crippen molar-refractivity contribution in [2.24, 2.45) is 0 Å². The predicted octanol–water partition coefficient (Wildman–Crippen LogP) is 4.63. The molecule has 2 rings (SSSR count). The number of furan rings is 1. The van der Waals surface area contributed by atoms with E-state index in [1.54, 1.807) is 12.5 Å². The molecule has 0 saturated heterocycles. The van der Waals surface area contributed by atoms with Crippen LogP contribution in [0, 0.1) is 3.57 Å². The minimum Gasteiger partial charge on any atom is -0.472 e. The first-order valence-electron chi connectivity index (χ1n) is 5.92. The quantitative estimate of drug-likeness (QED) is 0.771. The van der Waals surface area contributed by atoms with Gasteiger partial charge in [-0.1, -0.05) is 18.5 Å². The Balaban J connectivity index is 2.36. The van der Waals surface area contributed by atoms with Gasteiger partial charge in [-0.3, -0.25) is 0 Å². The molecule has 4 heteroatoms. The molecule has 0 fully saturated rings. The second-order valence-corrected chi connectivity index (χ2v) is 5.71. The first-order valence-corrected chi connectivity index (χ1v) is 7.38. The molecule has 0 aliphatic rings. The van der Waals surface area contributed by atoms with Crippen LogP contribution < -0.4 is 5.32 Å². The van der Waals surface area contributed by atoms with E-state index in [0.29, 0.717) is 0 Å². The molecule has 0 aliphatic heterocycles. The lowest BCUT2D eigenvalue weighted by atomic mass is 10.0. The summed E-state index contributed by atoms with van der Waals surface area (Å²) in [6.07, 6.45) is 4.57. The van der Waals surface area contributed by atoms with Gasteiger partial charge in [0.1, 0.15) is 0 Å². The first kappa shape index (κ1) is 13.9. The van der Waals surface area contributed by atoms with Crippen LogP contribution >= 0.6 is 34.2 Å². The zero-order valence-corrected chi connectivity index (χ0v) is 13.0. The van der Waals surface area contributed by atoms with Crippen molar-refractivity contribution in [3.63, 3.8) is 0 Å². The van der Waals surface area contributed by atoms with Crippen LogP contribution in [0.3, 0.4) is 0 Å². The van der Waals surface area contributed by atoms with E-state index >= 15 is 0 Å². The maximum Gasteiger partial charge on any atom is 0.0953 e. The number of hydrogen-bond donors (Lipinski definition) is 1. The van der Waals surface area contributed by atoms with E-state index in [0.717, 1.165) is 23.6 Å². The highest BCUT2D eigenvalue weighted by Gasteiger charge is 2.17. The van der Waals surface area contributed by atoms with Gasteiger partial charge in [0.2, 0.25) is 0 Å². The van der Waals surface area contributed by atoms with Crippen molar-refractivity contribution in [1.29, 1.82) is 0 Å². The maximum absolute atomic E-state index is 6.10. The summed E-state index contributed by atoms with van der Waals surface area (Å²) in [4.78, 5) is 0. The minimum atomic E-state index is 0.134. The molecule has 96 valence electrons. The molecule has 0 aliphatic carbocycles. The fourth-order valence-electron chi connectivity index (χ4n) is 1.87. The zero-order chi connectivity index (χ0) is 13.0. The summed E-state index contributed by atoms with van der Waals surface area (Å²) < 4.78 is 6.39. The summed E-state index contributed by atoms with van der Waals surface area (Å²) in [5.74, 6) is 0. The second kappa shape index (κ2) is 6.59. The SMILES string of the molecule is CCCNC(c1ccoc1)c1cc(Cl)ccc1I. The third-order valence-electron chi connectivity index (χ3n) is 2.74. The van der Waals surface area contributed by atoms with Gasteiger partial charge in [-0.15, -0.1) is 0 Å². The van der Waals surface area contributed by atoms with E-state index < -0.39 is 0 Å². The Morgan fingerprint density at radius 2 is 2.22 bits per heavy atom. The Bertz CT molecular complexity index is 499. The van der Waals surface area contributed by atoms with Crippen molar-refractivity contribution in [2.45, 2.75) is 19.4 Å². The van der Waals surface area contributed by atoms with E-state index in [1.165, 1.54) is 9.13 Å². The van der Waals surface area contributed by atoms with E-state index in [9.17, 15) is 0 Å². The molecule has 0 saturated carbocycles. The smallest absolute Gasteiger partial charge is 0.0953 e. The topological polar surface area (TPSA) is 25.2 Å². The normalized spacial score (nSPS) is 12.6. The number of halogens is 2. The fourth-order valence-corrected chi connectivity index (χ4v) is 2.70. The molecular weight excluding hydrogens is 361 g/mol. The Morgan fingerprint density at radius 3 is 2.89 bits per heavy atom. The Kier molecular flexibility index (Phi) is 5.09. The van der Waals surface area contributed by atoms with E-state index in [-0.39, 0.29) is 6.04 Å². The van der Waals surface area contributed by atoms with Crippen LogP contribution in [-0.4, -0.2) is 6.54 Å². The molecule has 18 heavy (non-hydrogen) atoms. The van der Waals surface area contributed by atoms with Crippen LogP contribution in [0.4, 0.5) is 0 Å². The van der Waals surface area contributed by atoms with E-state index in [2.05, 4.69) is 34.8 Å². The number of rotatable bonds is 5. The largest absolute Gasteiger partial charge is 0.472 e.